The Kier molecular flexibility index (Phi) is 4.19. The van der Waals surface area contributed by atoms with E-state index in [4.69, 9.17) is 4.74 Å². The Morgan fingerprint density at radius 2 is 2.00 bits per heavy atom. The van der Waals surface area contributed by atoms with Crippen LogP contribution in [0.25, 0.3) is 0 Å². The summed E-state index contributed by atoms with van der Waals surface area (Å²) in [6.45, 7) is 4.20. The van der Waals surface area contributed by atoms with Gasteiger partial charge in [-0.2, -0.15) is 0 Å². The molecule has 22 heavy (non-hydrogen) atoms. The van der Waals surface area contributed by atoms with Crippen molar-refractivity contribution in [3.05, 3.63) is 64.7 Å². The molecule has 3 nitrogen and oxygen atoms in total. The summed E-state index contributed by atoms with van der Waals surface area (Å²) in [6.07, 6.45) is 0.407. The van der Waals surface area contributed by atoms with E-state index >= 15 is 0 Å². The van der Waals surface area contributed by atoms with Gasteiger partial charge in [-0.05, 0) is 37.5 Å². The zero-order valence-electron chi connectivity index (χ0n) is 13.3. The Morgan fingerprint density at radius 1 is 1.23 bits per heavy atom. The summed E-state index contributed by atoms with van der Waals surface area (Å²) < 4.78 is 5.47. The van der Waals surface area contributed by atoms with Gasteiger partial charge in [-0.1, -0.05) is 42.0 Å². The molecule has 1 aliphatic rings. The van der Waals surface area contributed by atoms with Crippen molar-refractivity contribution in [3.63, 3.8) is 0 Å². The average molecular weight is 297 g/mol. The second-order valence-corrected chi connectivity index (χ2v) is 6.09. The van der Waals surface area contributed by atoms with Crippen LogP contribution in [0, 0.1) is 6.92 Å². The molecule has 0 saturated heterocycles. The molecule has 0 aliphatic heterocycles. The maximum absolute atomic E-state index is 10.5. The molecular weight excluding hydrogens is 274 g/mol. The van der Waals surface area contributed by atoms with E-state index in [2.05, 4.69) is 37.4 Å². The van der Waals surface area contributed by atoms with Crippen LogP contribution >= 0.6 is 0 Å². The normalized spacial score (nSPS) is 21.5. The molecule has 2 N–H and O–H groups in total. The van der Waals surface area contributed by atoms with Crippen molar-refractivity contribution in [2.45, 2.75) is 38.5 Å². The van der Waals surface area contributed by atoms with Crippen molar-refractivity contribution < 1.29 is 9.84 Å². The highest BCUT2D eigenvalue weighted by Crippen LogP contribution is 2.34. The summed E-state index contributed by atoms with van der Waals surface area (Å²) in [6, 6.07) is 14.5. The molecule has 0 fully saturated rings. The van der Waals surface area contributed by atoms with Crippen molar-refractivity contribution in [2.24, 2.45) is 0 Å². The number of benzene rings is 2. The summed E-state index contributed by atoms with van der Waals surface area (Å²) in [7, 11) is 1.70. The highest BCUT2D eigenvalue weighted by molar-refractivity contribution is 5.40. The molecule has 2 aromatic rings. The number of fused-ring (bicyclic) bond motifs is 1. The smallest absolute Gasteiger partial charge is 0.123 e. The van der Waals surface area contributed by atoms with Crippen molar-refractivity contribution in [2.75, 3.05) is 7.11 Å². The first kappa shape index (κ1) is 15.1. The lowest BCUT2D eigenvalue weighted by molar-refractivity contribution is 0.136. The molecule has 3 heteroatoms. The highest BCUT2D eigenvalue weighted by atomic mass is 16.5. The molecule has 0 radical (unpaired) electrons. The summed E-state index contributed by atoms with van der Waals surface area (Å²) in [5.41, 5.74) is 4.62. The Balaban J connectivity index is 1.79. The lowest BCUT2D eigenvalue weighted by atomic mass is 10.0. The first-order valence-electron chi connectivity index (χ1n) is 7.76. The number of aryl methyl sites for hydroxylation is 1. The van der Waals surface area contributed by atoms with E-state index in [9.17, 15) is 5.11 Å². The number of ether oxygens (including phenoxy) is 1. The van der Waals surface area contributed by atoms with Gasteiger partial charge in [-0.15, -0.1) is 0 Å². The van der Waals surface area contributed by atoms with Gasteiger partial charge in [0.1, 0.15) is 5.75 Å². The highest BCUT2D eigenvalue weighted by Gasteiger charge is 2.31. The van der Waals surface area contributed by atoms with Crippen molar-refractivity contribution in [1.82, 2.24) is 5.32 Å². The molecule has 1 aliphatic carbocycles. The van der Waals surface area contributed by atoms with Crippen molar-refractivity contribution in [3.8, 4) is 5.75 Å². The third-order valence-corrected chi connectivity index (χ3v) is 4.51. The molecule has 0 heterocycles. The van der Waals surface area contributed by atoms with E-state index in [1.165, 1.54) is 11.1 Å². The lowest BCUT2D eigenvalue weighted by Crippen LogP contribution is -2.35. The van der Waals surface area contributed by atoms with E-state index in [1.54, 1.807) is 7.11 Å². The first-order valence-corrected chi connectivity index (χ1v) is 7.76. The van der Waals surface area contributed by atoms with Crippen LogP contribution in [0.2, 0.25) is 0 Å². The van der Waals surface area contributed by atoms with E-state index in [1.807, 2.05) is 24.3 Å². The standard InChI is InChI=1S/C19H23NO2/c1-12-8-9-18(22-3)16(10-12)13(2)20-17-11-14-6-4-5-7-15(14)19(17)21/h4-10,13,17,19-21H,11H2,1-3H3. The fourth-order valence-electron chi connectivity index (χ4n) is 3.33. The van der Waals surface area contributed by atoms with Crippen LogP contribution < -0.4 is 10.1 Å². The van der Waals surface area contributed by atoms with E-state index < -0.39 is 6.10 Å². The van der Waals surface area contributed by atoms with Gasteiger partial charge >= 0.3 is 0 Å². The van der Waals surface area contributed by atoms with Gasteiger partial charge in [-0.3, -0.25) is 0 Å². The number of aliphatic hydroxyl groups excluding tert-OH is 1. The van der Waals surface area contributed by atoms with Crippen LogP contribution in [-0.4, -0.2) is 18.3 Å². The van der Waals surface area contributed by atoms with Crippen LogP contribution in [0.15, 0.2) is 42.5 Å². The van der Waals surface area contributed by atoms with E-state index in [0.29, 0.717) is 0 Å². The third-order valence-electron chi connectivity index (χ3n) is 4.51. The summed E-state index contributed by atoms with van der Waals surface area (Å²) in [5.74, 6) is 0.885. The van der Waals surface area contributed by atoms with Gasteiger partial charge in [0.2, 0.25) is 0 Å². The fourth-order valence-corrected chi connectivity index (χ4v) is 3.33. The molecule has 0 aromatic heterocycles. The molecule has 2 aromatic carbocycles. The van der Waals surface area contributed by atoms with E-state index in [0.717, 1.165) is 23.3 Å². The number of hydrogen-bond acceptors (Lipinski definition) is 3. The van der Waals surface area contributed by atoms with Gasteiger partial charge < -0.3 is 15.2 Å². The number of hydrogen-bond donors (Lipinski definition) is 2. The summed E-state index contributed by atoms with van der Waals surface area (Å²) >= 11 is 0. The van der Waals surface area contributed by atoms with Crippen molar-refractivity contribution in [1.29, 1.82) is 0 Å². The van der Waals surface area contributed by atoms with Gasteiger partial charge in [-0.25, -0.2) is 0 Å². The molecule has 0 amide bonds. The average Bonchev–Trinajstić information content (AvgIpc) is 2.84. The topological polar surface area (TPSA) is 41.5 Å². The van der Waals surface area contributed by atoms with Crippen LogP contribution in [0.4, 0.5) is 0 Å². The second-order valence-electron chi connectivity index (χ2n) is 6.09. The number of methoxy groups -OCH3 is 1. The summed E-state index contributed by atoms with van der Waals surface area (Å²) in [4.78, 5) is 0. The maximum Gasteiger partial charge on any atom is 0.123 e. The van der Waals surface area contributed by atoms with E-state index in [-0.39, 0.29) is 12.1 Å². The Morgan fingerprint density at radius 3 is 2.73 bits per heavy atom. The molecular formula is C19H23NO2. The van der Waals surface area contributed by atoms with Gasteiger partial charge in [0.05, 0.1) is 13.2 Å². The number of nitrogens with one attached hydrogen (secondary N) is 1. The molecule has 0 saturated carbocycles. The zero-order valence-corrected chi connectivity index (χ0v) is 13.3. The monoisotopic (exact) mass is 297 g/mol. The fraction of sp³-hybridized carbons (Fsp3) is 0.368. The molecule has 3 rings (SSSR count). The quantitative estimate of drug-likeness (QED) is 0.909. The molecule has 3 atom stereocenters. The minimum atomic E-state index is -0.450. The molecule has 0 spiro atoms. The number of rotatable bonds is 4. The van der Waals surface area contributed by atoms with Gasteiger partial charge in [0.25, 0.3) is 0 Å². The second kappa shape index (κ2) is 6.11. The van der Waals surface area contributed by atoms with Crippen LogP contribution in [0.3, 0.4) is 0 Å². The Labute approximate surface area is 131 Å². The zero-order chi connectivity index (χ0) is 15.7. The number of aliphatic hydroxyl groups is 1. The van der Waals surface area contributed by atoms with Crippen LogP contribution in [0.5, 0.6) is 5.75 Å². The van der Waals surface area contributed by atoms with Gasteiger partial charge in [0.15, 0.2) is 0 Å². The SMILES string of the molecule is COc1ccc(C)cc1C(C)NC1Cc2ccccc2C1O. The maximum atomic E-state index is 10.5. The Hall–Kier alpha value is -1.84. The molecule has 116 valence electrons. The Bertz CT molecular complexity index is 668. The van der Waals surface area contributed by atoms with Gasteiger partial charge in [0, 0.05) is 17.6 Å². The van der Waals surface area contributed by atoms with Crippen LogP contribution in [-0.2, 0) is 6.42 Å². The molecule has 3 unspecified atom stereocenters. The largest absolute Gasteiger partial charge is 0.496 e. The first-order chi connectivity index (χ1) is 10.6. The van der Waals surface area contributed by atoms with Crippen molar-refractivity contribution >= 4 is 0 Å². The summed E-state index contributed by atoms with van der Waals surface area (Å²) in [5, 5.41) is 14.1. The van der Waals surface area contributed by atoms with Crippen LogP contribution in [0.1, 0.15) is 41.3 Å². The predicted octanol–water partition coefficient (Wildman–Crippen LogP) is 3.31. The minimum Gasteiger partial charge on any atom is -0.496 e. The molecule has 0 bridgehead atoms. The lowest BCUT2D eigenvalue weighted by Gasteiger charge is -2.24. The predicted molar refractivity (Wildman–Crippen MR) is 88.2 cm³/mol. The third kappa shape index (κ3) is 2.74. The minimum absolute atomic E-state index is 0.0395.